The molecule has 0 saturated carbocycles. The lowest BCUT2D eigenvalue weighted by atomic mass is 9.97. The number of piperidine rings is 1. The summed E-state index contributed by atoms with van der Waals surface area (Å²) in [4.78, 5) is 6.78. The Hall–Kier alpha value is -1.69. The molecule has 1 fully saturated rings. The SMILES string of the molecule is Cc1noc(C2CCCN(Cc3c(C)noc3C)C2)n1. The molecule has 0 spiro atoms. The zero-order chi connectivity index (χ0) is 14.1. The largest absolute Gasteiger partial charge is 0.361 e. The molecule has 6 nitrogen and oxygen atoms in total. The molecule has 2 aromatic heterocycles. The fraction of sp³-hybridized carbons (Fsp3) is 0.643. The minimum atomic E-state index is 0.338. The Balaban J connectivity index is 1.69. The molecule has 20 heavy (non-hydrogen) atoms. The first-order chi connectivity index (χ1) is 9.63. The molecule has 3 heterocycles. The summed E-state index contributed by atoms with van der Waals surface area (Å²) in [5.41, 5.74) is 2.19. The Labute approximate surface area is 118 Å². The molecule has 1 unspecified atom stereocenters. The number of nitrogens with zero attached hydrogens (tertiary/aromatic N) is 4. The van der Waals surface area contributed by atoms with Crippen LogP contribution in [0.4, 0.5) is 0 Å². The number of hydrogen-bond donors (Lipinski definition) is 0. The second-order valence-electron chi connectivity index (χ2n) is 5.56. The summed E-state index contributed by atoms with van der Waals surface area (Å²) in [7, 11) is 0. The minimum Gasteiger partial charge on any atom is -0.361 e. The lowest BCUT2D eigenvalue weighted by Crippen LogP contribution is -2.34. The number of aryl methyl sites for hydroxylation is 3. The summed E-state index contributed by atoms with van der Waals surface area (Å²) in [5, 5.41) is 7.91. The maximum atomic E-state index is 5.32. The van der Waals surface area contributed by atoms with Gasteiger partial charge in [-0.15, -0.1) is 0 Å². The highest BCUT2D eigenvalue weighted by molar-refractivity contribution is 5.20. The molecule has 0 N–H and O–H groups in total. The number of likely N-dealkylation sites (tertiary alicyclic amines) is 1. The Morgan fingerprint density at radius 2 is 2.05 bits per heavy atom. The van der Waals surface area contributed by atoms with Crippen LogP contribution in [-0.4, -0.2) is 33.3 Å². The highest BCUT2D eigenvalue weighted by Gasteiger charge is 2.26. The number of hydrogen-bond acceptors (Lipinski definition) is 6. The summed E-state index contributed by atoms with van der Waals surface area (Å²) < 4.78 is 10.6. The van der Waals surface area contributed by atoms with E-state index in [9.17, 15) is 0 Å². The first-order valence-electron chi connectivity index (χ1n) is 7.08. The Morgan fingerprint density at radius 3 is 2.70 bits per heavy atom. The third kappa shape index (κ3) is 2.60. The number of aromatic nitrogens is 3. The quantitative estimate of drug-likeness (QED) is 0.857. The predicted octanol–water partition coefficient (Wildman–Crippen LogP) is 2.36. The van der Waals surface area contributed by atoms with Gasteiger partial charge in [0.15, 0.2) is 5.82 Å². The van der Waals surface area contributed by atoms with Crippen LogP contribution in [-0.2, 0) is 6.54 Å². The molecule has 2 aromatic rings. The van der Waals surface area contributed by atoms with Gasteiger partial charge in [0.2, 0.25) is 5.89 Å². The summed E-state index contributed by atoms with van der Waals surface area (Å²) in [6.07, 6.45) is 2.26. The van der Waals surface area contributed by atoms with E-state index in [1.165, 1.54) is 5.56 Å². The molecule has 6 heteroatoms. The third-order valence-electron chi connectivity index (χ3n) is 3.96. The van der Waals surface area contributed by atoms with Crippen molar-refractivity contribution in [3.8, 4) is 0 Å². The van der Waals surface area contributed by atoms with Crippen molar-refractivity contribution in [2.24, 2.45) is 0 Å². The maximum absolute atomic E-state index is 5.32. The maximum Gasteiger partial charge on any atom is 0.231 e. The Morgan fingerprint density at radius 1 is 1.20 bits per heavy atom. The van der Waals surface area contributed by atoms with E-state index in [0.717, 1.165) is 49.8 Å². The van der Waals surface area contributed by atoms with E-state index in [0.29, 0.717) is 11.7 Å². The zero-order valence-electron chi connectivity index (χ0n) is 12.2. The van der Waals surface area contributed by atoms with Crippen molar-refractivity contribution in [2.45, 2.75) is 46.1 Å². The molecular formula is C14H20N4O2. The van der Waals surface area contributed by atoms with Gasteiger partial charge in [0.05, 0.1) is 11.6 Å². The molecular weight excluding hydrogens is 256 g/mol. The van der Waals surface area contributed by atoms with Crippen LogP contribution in [0, 0.1) is 20.8 Å². The summed E-state index contributed by atoms with van der Waals surface area (Å²) in [6.45, 7) is 8.74. The fourth-order valence-corrected chi connectivity index (χ4v) is 2.83. The highest BCUT2D eigenvalue weighted by Crippen LogP contribution is 2.27. The van der Waals surface area contributed by atoms with Crippen molar-refractivity contribution in [3.05, 3.63) is 28.7 Å². The van der Waals surface area contributed by atoms with Gasteiger partial charge in [0.1, 0.15) is 5.76 Å². The zero-order valence-corrected chi connectivity index (χ0v) is 12.2. The molecule has 0 radical (unpaired) electrons. The molecule has 0 aliphatic carbocycles. The monoisotopic (exact) mass is 276 g/mol. The van der Waals surface area contributed by atoms with Gasteiger partial charge in [-0.1, -0.05) is 10.3 Å². The molecule has 1 atom stereocenters. The normalized spacial score (nSPS) is 20.4. The van der Waals surface area contributed by atoms with E-state index in [4.69, 9.17) is 9.05 Å². The Kier molecular flexibility index (Phi) is 3.56. The van der Waals surface area contributed by atoms with Crippen molar-refractivity contribution >= 4 is 0 Å². The molecule has 3 rings (SSSR count). The van der Waals surface area contributed by atoms with Crippen molar-refractivity contribution < 1.29 is 9.05 Å². The van der Waals surface area contributed by atoms with Crippen molar-refractivity contribution in [1.29, 1.82) is 0 Å². The summed E-state index contributed by atoms with van der Waals surface area (Å²) >= 11 is 0. The second kappa shape index (κ2) is 5.36. The van der Waals surface area contributed by atoms with Gasteiger partial charge < -0.3 is 9.05 Å². The first-order valence-corrected chi connectivity index (χ1v) is 7.08. The standard InChI is InChI=1S/C14H20N4O2/c1-9-13(10(2)19-16-9)8-18-6-4-5-12(7-18)14-15-11(3)17-20-14/h12H,4-8H2,1-3H3. The smallest absolute Gasteiger partial charge is 0.231 e. The van der Waals surface area contributed by atoms with Gasteiger partial charge in [0, 0.05) is 18.7 Å². The van der Waals surface area contributed by atoms with Crippen LogP contribution >= 0.6 is 0 Å². The van der Waals surface area contributed by atoms with Gasteiger partial charge >= 0.3 is 0 Å². The highest BCUT2D eigenvalue weighted by atomic mass is 16.5. The van der Waals surface area contributed by atoms with E-state index in [-0.39, 0.29) is 0 Å². The van der Waals surface area contributed by atoms with Crippen LogP contribution in [0.1, 0.15) is 47.5 Å². The molecule has 1 aliphatic heterocycles. The van der Waals surface area contributed by atoms with E-state index >= 15 is 0 Å². The van der Waals surface area contributed by atoms with E-state index in [1.807, 2.05) is 20.8 Å². The fourth-order valence-electron chi connectivity index (χ4n) is 2.83. The second-order valence-corrected chi connectivity index (χ2v) is 5.56. The summed E-state index contributed by atoms with van der Waals surface area (Å²) in [5.74, 6) is 2.73. The molecule has 108 valence electrons. The average molecular weight is 276 g/mol. The average Bonchev–Trinajstić information content (AvgIpc) is 3.00. The molecule has 0 amide bonds. The first kappa shape index (κ1) is 13.3. The minimum absolute atomic E-state index is 0.338. The van der Waals surface area contributed by atoms with Crippen LogP contribution in [0.3, 0.4) is 0 Å². The van der Waals surface area contributed by atoms with Gasteiger partial charge in [-0.2, -0.15) is 4.98 Å². The lowest BCUT2D eigenvalue weighted by molar-refractivity contribution is 0.179. The van der Waals surface area contributed by atoms with Crippen LogP contribution in [0.25, 0.3) is 0 Å². The van der Waals surface area contributed by atoms with Crippen LogP contribution in [0.15, 0.2) is 9.05 Å². The van der Waals surface area contributed by atoms with Gasteiger partial charge in [0.25, 0.3) is 0 Å². The van der Waals surface area contributed by atoms with Gasteiger partial charge in [-0.05, 0) is 40.2 Å². The molecule has 0 bridgehead atoms. The predicted molar refractivity (Wildman–Crippen MR) is 72.3 cm³/mol. The van der Waals surface area contributed by atoms with Crippen molar-refractivity contribution in [1.82, 2.24) is 20.2 Å². The lowest BCUT2D eigenvalue weighted by Gasteiger charge is -2.30. The number of rotatable bonds is 3. The topological polar surface area (TPSA) is 68.2 Å². The summed E-state index contributed by atoms with van der Waals surface area (Å²) in [6, 6.07) is 0. The van der Waals surface area contributed by atoms with E-state index in [1.54, 1.807) is 0 Å². The van der Waals surface area contributed by atoms with E-state index < -0.39 is 0 Å². The third-order valence-corrected chi connectivity index (χ3v) is 3.96. The molecule has 1 saturated heterocycles. The van der Waals surface area contributed by atoms with E-state index in [2.05, 4.69) is 20.2 Å². The van der Waals surface area contributed by atoms with Crippen molar-refractivity contribution in [3.63, 3.8) is 0 Å². The molecule has 1 aliphatic rings. The van der Waals surface area contributed by atoms with Crippen LogP contribution in [0.2, 0.25) is 0 Å². The molecule has 0 aromatic carbocycles. The van der Waals surface area contributed by atoms with Crippen LogP contribution < -0.4 is 0 Å². The van der Waals surface area contributed by atoms with Crippen LogP contribution in [0.5, 0.6) is 0 Å². The van der Waals surface area contributed by atoms with Crippen molar-refractivity contribution in [2.75, 3.05) is 13.1 Å². The van der Waals surface area contributed by atoms with Gasteiger partial charge in [-0.25, -0.2) is 0 Å². The van der Waals surface area contributed by atoms with Gasteiger partial charge in [-0.3, -0.25) is 4.90 Å². The Bertz CT molecular complexity index is 570.